The van der Waals surface area contributed by atoms with E-state index in [9.17, 15) is 0 Å². The standard InChI is InChI=1S/C16H21N3O/c1-12-15(7-8-20-12)19-11-18-10-16(19)14(17)9-13-5-3-2-4-6-13/h2-6,10-12,14-15H,7-9,17H2,1H3/t12?,14-,15?/m1/s1. The summed E-state index contributed by atoms with van der Waals surface area (Å²) in [7, 11) is 0. The Bertz CT molecular complexity index is 552. The summed E-state index contributed by atoms with van der Waals surface area (Å²) in [4.78, 5) is 4.29. The molecule has 0 saturated carbocycles. The second kappa shape index (κ2) is 5.77. The maximum absolute atomic E-state index is 6.38. The predicted molar refractivity (Wildman–Crippen MR) is 78.4 cm³/mol. The zero-order valence-corrected chi connectivity index (χ0v) is 11.8. The van der Waals surface area contributed by atoms with Crippen molar-refractivity contribution >= 4 is 0 Å². The highest BCUT2D eigenvalue weighted by atomic mass is 16.5. The van der Waals surface area contributed by atoms with Crippen LogP contribution in [0.5, 0.6) is 0 Å². The first kappa shape index (κ1) is 13.3. The van der Waals surface area contributed by atoms with Crippen LogP contribution in [0.2, 0.25) is 0 Å². The molecule has 2 N–H and O–H groups in total. The van der Waals surface area contributed by atoms with Gasteiger partial charge in [-0.05, 0) is 25.3 Å². The highest BCUT2D eigenvalue weighted by Crippen LogP contribution is 2.29. The van der Waals surface area contributed by atoms with Crippen LogP contribution in [0.1, 0.15) is 36.7 Å². The molecular weight excluding hydrogens is 250 g/mol. The molecule has 1 saturated heterocycles. The third-order valence-corrected chi connectivity index (χ3v) is 4.07. The second-order valence-corrected chi connectivity index (χ2v) is 5.45. The van der Waals surface area contributed by atoms with Gasteiger partial charge >= 0.3 is 0 Å². The minimum atomic E-state index is -0.0345. The number of hydrogen-bond donors (Lipinski definition) is 1. The first-order valence-electron chi connectivity index (χ1n) is 7.18. The van der Waals surface area contributed by atoms with E-state index in [-0.39, 0.29) is 12.1 Å². The van der Waals surface area contributed by atoms with E-state index < -0.39 is 0 Å². The SMILES string of the molecule is CC1OCCC1n1cncc1[C@H](N)Cc1ccccc1. The zero-order chi connectivity index (χ0) is 13.9. The average Bonchev–Trinajstić information content (AvgIpc) is 3.07. The van der Waals surface area contributed by atoms with E-state index in [1.165, 1.54) is 5.56 Å². The van der Waals surface area contributed by atoms with E-state index in [4.69, 9.17) is 10.5 Å². The van der Waals surface area contributed by atoms with Crippen molar-refractivity contribution in [3.8, 4) is 0 Å². The lowest BCUT2D eigenvalue weighted by atomic mass is 10.0. The van der Waals surface area contributed by atoms with Crippen LogP contribution >= 0.6 is 0 Å². The fraction of sp³-hybridized carbons (Fsp3) is 0.438. The van der Waals surface area contributed by atoms with E-state index in [1.807, 2.05) is 30.7 Å². The highest BCUT2D eigenvalue weighted by molar-refractivity contribution is 5.19. The van der Waals surface area contributed by atoms with Gasteiger partial charge in [-0.15, -0.1) is 0 Å². The smallest absolute Gasteiger partial charge is 0.0952 e. The summed E-state index contributed by atoms with van der Waals surface area (Å²) in [6.07, 6.45) is 5.86. The molecule has 1 fully saturated rings. The topological polar surface area (TPSA) is 53.1 Å². The molecule has 0 radical (unpaired) electrons. The molecule has 1 aliphatic heterocycles. The molecule has 2 unspecified atom stereocenters. The van der Waals surface area contributed by atoms with Crippen LogP contribution in [0, 0.1) is 0 Å². The number of ether oxygens (including phenoxy) is 1. The van der Waals surface area contributed by atoms with Gasteiger partial charge in [-0.25, -0.2) is 4.98 Å². The van der Waals surface area contributed by atoms with E-state index in [0.717, 1.165) is 25.1 Å². The fourth-order valence-corrected chi connectivity index (χ4v) is 2.94. The monoisotopic (exact) mass is 271 g/mol. The Morgan fingerprint density at radius 2 is 2.20 bits per heavy atom. The van der Waals surface area contributed by atoms with Gasteiger partial charge in [0.2, 0.25) is 0 Å². The Morgan fingerprint density at radius 3 is 2.90 bits per heavy atom. The van der Waals surface area contributed by atoms with Crippen molar-refractivity contribution in [1.29, 1.82) is 0 Å². The first-order valence-corrected chi connectivity index (χ1v) is 7.18. The molecule has 20 heavy (non-hydrogen) atoms. The summed E-state index contributed by atoms with van der Waals surface area (Å²) in [6, 6.07) is 10.7. The van der Waals surface area contributed by atoms with Gasteiger partial charge in [-0.1, -0.05) is 30.3 Å². The Hall–Kier alpha value is -1.65. The largest absolute Gasteiger partial charge is 0.376 e. The predicted octanol–water partition coefficient (Wildman–Crippen LogP) is 2.48. The Balaban J connectivity index is 1.79. The van der Waals surface area contributed by atoms with Crippen molar-refractivity contribution in [3.63, 3.8) is 0 Å². The molecule has 2 heterocycles. The van der Waals surface area contributed by atoms with E-state index in [0.29, 0.717) is 6.04 Å². The Labute approximate surface area is 119 Å². The first-order chi connectivity index (χ1) is 9.75. The van der Waals surface area contributed by atoms with Gasteiger partial charge in [0.15, 0.2) is 0 Å². The molecular formula is C16H21N3O. The maximum atomic E-state index is 6.38. The van der Waals surface area contributed by atoms with Crippen molar-refractivity contribution in [3.05, 3.63) is 54.1 Å². The van der Waals surface area contributed by atoms with Gasteiger partial charge in [0.25, 0.3) is 0 Å². The number of imidazole rings is 1. The van der Waals surface area contributed by atoms with Gasteiger partial charge < -0.3 is 15.0 Å². The van der Waals surface area contributed by atoms with Gasteiger partial charge in [-0.2, -0.15) is 0 Å². The van der Waals surface area contributed by atoms with Crippen molar-refractivity contribution in [2.24, 2.45) is 5.73 Å². The molecule has 1 aromatic carbocycles. The average molecular weight is 271 g/mol. The molecule has 1 aliphatic rings. The summed E-state index contributed by atoms with van der Waals surface area (Å²) in [5, 5.41) is 0. The quantitative estimate of drug-likeness (QED) is 0.929. The number of hydrogen-bond acceptors (Lipinski definition) is 3. The van der Waals surface area contributed by atoms with Gasteiger partial charge in [0, 0.05) is 12.8 Å². The molecule has 0 aliphatic carbocycles. The highest BCUT2D eigenvalue weighted by Gasteiger charge is 2.28. The van der Waals surface area contributed by atoms with Crippen LogP contribution in [-0.4, -0.2) is 22.3 Å². The van der Waals surface area contributed by atoms with Crippen molar-refractivity contribution < 1.29 is 4.74 Å². The summed E-state index contributed by atoms with van der Waals surface area (Å²) in [6.45, 7) is 2.93. The lowest BCUT2D eigenvalue weighted by Crippen LogP contribution is -2.23. The van der Waals surface area contributed by atoms with Crippen LogP contribution < -0.4 is 5.73 Å². The molecule has 0 bridgehead atoms. The molecule has 4 heteroatoms. The minimum absolute atomic E-state index is 0.0345. The van der Waals surface area contributed by atoms with Crippen LogP contribution in [0.25, 0.3) is 0 Å². The molecule has 106 valence electrons. The number of benzene rings is 1. The molecule has 3 atom stereocenters. The van der Waals surface area contributed by atoms with E-state index in [1.54, 1.807) is 0 Å². The Kier molecular flexibility index (Phi) is 3.85. The fourth-order valence-electron chi connectivity index (χ4n) is 2.94. The third kappa shape index (κ3) is 2.62. The van der Waals surface area contributed by atoms with E-state index >= 15 is 0 Å². The molecule has 0 spiro atoms. The van der Waals surface area contributed by atoms with Crippen LogP contribution in [0.4, 0.5) is 0 Å². The van der Waals surface area contributed by atoms with Crippen LogP contribution in [0.3, 0.4) is 0 Å². The minimum Gasteiger partial charge on any atom is -0.376 e. The van der Waals surface area contributed by atoms with E-state index in [2.05, 4.69) is 28.6 Å². The number of aromatic nitrogens is 2. The van der Waals surface area contributed by atoms with Crippen molar-refractivity contribution in [2.45, 2.75) is 38.0 Å². The number of nitrogens with two attached hydrogens (primary N) is 1. The molecule has 3 rings (SSSR count). The summed E-state index contributed by atoms with van der Waals surface area (Å²) < 4.78 is 7.85. The summed E-state index contributed by atoms with van der Waals surface area (Å²) in [5.41, 5.74) is 8.73. The van der Waals surface area contributed by atoms with Crippen LogP contribution in [-0.2, 0) is 11.2 Å². The summed E-state index contributed by atoms with van der Waals surface area (Å²) in [5.74, 6) is 0. The molecule has 4 nitrogen and oxygen atoms in total. The summed E-state index contributed by atoms with van der Waals surface area (Å²) >= 11 is 0. The third-order valence-electron chi connectivity index (χ3n) is 4.07. The Morgan fingerprint density at radius 1 is 1.40 bits per heavy atom. The van der Waals surface area contributed by atoms with Gasteiger partial charge in [0.1, 0.15) is 0 Å². The second-order valence-electron chi connectivity index (χ2n) is 5.45. The molecule has 1 aromatic heterocycles. The number of nitrogens with zero attached hydrogens (tertiary/aromatic N) is 2. The molecule has 2 aromatic rings. The van der Waals surface area contributed by atoms with Gasteiger partial charge in [0.05, 0.1) is 30.2 Å². The number of rotatable bonds is 4. The van der Waals surface area contributed by atoms with Gasteiger partial charge in [-0.3, -0.25) is 0 Å². The molecule has 0 amide bonds. The van der Waals surface area contributed by atoms with Crippen molar-refractivity contribution in [1.82, 2.24) is 9.55 Å². The van der Waals surface area contributed by atoms with Crippen molar-refractivity contribution in [2.75, 3.05) is 6.61 Å². The lowest BCUT2D eigenvalue weighted by molar-refractivity contribution is 0.107. The maximum Gasteiger partial charge on any atom is 0.0952 e. The lowest BCUT2D eigenvalue weighted by Gasteiger charge is -2.21. The van der Waals surface area contributed by atoms with Crippen LogP contribution in [0.15, 0.2) is 42.9 Å². The normalized spacial score (nSPS) is 23.9. The zero-order valence-electron chi connectivity index (χ0n) is 11.8.